The number of benzene rings is 2. The second-order valence-electron chi connectivity index (χ2n) is 8.71. The third-order valence-corrected chi connectivity index (χ3v) is 5.64. The largest absolute Gasteiger partial charge is 0.496 e. The number of rotatable bonds is 4. The monoisotopic (exact) mass is 391 g/mol. The van der Waals surface area contributed by atoms with Gasteiger partial charge in [-0.1, -0.05) is 42.5 Å². The summed E-state index contributed by atoms with van der Waals surface area (Å²) in [5.41, 5.74) is 4.79. The van der Waals surface area contributed by atoms with Crippen LogP contribution in [0.5, 0.6) is 5.75 Å². The fourth-order valence-electron chi connectivity index (χ4n) is 4.25. The molecule has 0 fully saturated rings. The zero-order valence-corrected chi connectivity index (χ0v) is 17.9. The molecular formula is C23H29N5O. The molecule has 1 unspecified atom stereocenters. The van der Waals surface area contributed by atoms with E-state index in [1.54, 1.807) is 7.11 Å². The zero-order valence-electron chi connectivity index (χ0n) is 17.9. The van der Waals surface area contributed by atoms with Crippen LogP contribution in [0.1, 0.15) is 54.9 Å². The van der Waals surface area contributed by atoms with Crippen molar-refractivity contribution in [1.29, 1.82) is 0 Å². The molecule has 1 aliphatic heterocycles. The van der Waals surface area contributed by atoms with Crippen molar-refractivity contribution >= 4 is 0 Å². The highest BCUT2D eigenvalue weighted by Crippen LogP contribution is 2.38. The van der Waals surface area contributed by atoms with Gasteiger partial charge in [-0.3, -0.25) is 4.90 Å². The lowest BCUT2D eigenvalue weighted by atomic mass is 9.94. The summed E-state index contributed by atoms with van der Waals surface area (Å²) in [6, 6.07) is 14.9. The van der Waals surface area contributed by atoms with Gasteiger partial charge in [0.2, 0.25) is 0 Å². The molecule has 0 bridgehead atoms. The van der Waals surface area contributed by atoms with Crippen molar-refractivity contribution in [3.63, 3.8) is 0 Å². The van der Waals surface area contributed by atoms with Crippen LogP contribution in [0.3, 0.4) is 0 Å². The molecule has 0 aliphatic carbocycles. The lowest BCUT2D eigenvalue weighted by Crippen LogP contribution is -2.38. The number of nitrogens with zero attached hydrogens (tertiary/aromatic N) is 5. The Hall–Kier alpha value is -2.73. The Kier molecular flexibility index (Phi) is 5.13. The van der Waals surface area contributed by atoms with E-state index in [4.69, 9.17) is 4.74 Å². The summed E-state index contributed by atoms with van der Waals surface area (Å²) >= 11 is 0. The first kappa shape index (κ1) is 19.6. The van der Waals surface area contributed by atoms with Gasteiger partial charge in [0.1, 0.15) is 11.8 Å². The summed E-state index contributed by atoms with van der Waals surface area (Å²) < 4.78 is 7.78. The molecule has 0 saturated heterocycles. The van der Waals surface area contributed by atoms with Crippen molar-refractivity contribution in [2.45, 2.75) is 52.2 Å². The maximum atomic E-state index is 5.84. The summed E-state index contributed by atoms with van der Waals surface area (Å²) in [6.07, 6.45) is 1.01. The molecule has 2 aromatic carbocycles. The molecule has 2 heterocycles. The summed E-state index contributed by atoms with van der Waals surface area (Å²) in [6.45, 7) is 10.3. The molecule has 1 atom stereocenters. The predicted octanol–water partition coefficient (Wildman–Crippen LogP) is 3.89. The highest BCUT2D eigenvalue weighted by Gasteiger charge is 2.34. The van der Waals surface area contributed by atoms with Gasteiger partial charge in [0.15, 0.2) is 5.82 Å². The first-order valence-corrected chi connectivity index (χ1v) is 10.1. The Morgan fingerprint density at radius 3 is 2.52 bits per heavy atom. The molecule has 0 amide bonds. The Morgan fingerprint density at radius 2 is 1.79 bits per heavy atom. The van der Waals surface area contributed by atoms with Gasteiger partial charge in [0.25, 0.3) is 0 Å². The van der Waals surface area contributed by atoms with Gasteiger partial charge in [0, 0.05) is 18.7 Å². The van der Waals surface area contributed by atoms with Crippen LogP contribution in [0.4, 0.5) is 0 Å². The Morgan fingerprint density at radius 1 is 1.03 bits per heavy atom. The van der Waals surface area contributed by atoms with Crippen LogP contribution in [0.25, 0.3) is 0 Å². The molecule has 0 radical (unpaired) electrons. The zero-order chi connectivity index (χ0) is 20.6. The van der Waals surface area contributed by atoms with E-state index in [9.17, 15) is 0 Å². The van der Waals surface area contributed by atoms with E-state index in [1.807, 2.05) is 4.68 Å². The van der Waals surface area contributed by atoms with Crippen LogP contribution < -0.4 is 4.74 Å². The number of ether oxygens (including phenoxy) is 1. The smallest absolute Gasteiger partial charge is 0.173 e. The number of hydrogen-bond donors (Lipinski definition) is 0. The lowest BCUT2D eigenvalue weighted by molar-refractivity contribution is 0.182. The van der Waals surface area contributed by atoms with Gasteiger partial charge < -0.3 is 4.74 Å². The molecular weight excluding hydrogens is 362 g/mol. The topological polar surface area (TPSA) is 56.1 Å². The molecule has 0 N–H and O–H groups in total. The number of aryl methyl sites for hydroxylation is 1. The van der Waals surface area contributed by atoms with Crippen LogP contribution in [0, 0.1) is 6.92 Å². The maximum Gasteiger partial charge on any atom is 0.173 e. The molecule has 0 spiro atoms. The summed E-state index contributed by atoms with van der Waals surface area (Å²) in [5.74, 6) is 1.75. The molecule has 6 heteroatoms. The van der Waals surface area contributed by atoms with Gasteiger partial charge in [-0.25, -0.2) is 4.68 Å². The number of aromatic nitrogens is 4. The van der Waals surface area contributed by atoms with Crippen molar-refractivity contribution in [1.82, 2.24) is 25.1 Å². The van der Waals surface area contributed by atoms with E-state index in [0.717, 1.165) is 42.2 Å². The minimum Gasteiger partial charge on any atom is -0.496 e. The first-order valence-electron chi connectivity index (χ1n) is 10.1. The number of hydrogen-bond acceptors (Lipinski definition) is 5. The van der Waals surface area contributed by atoms with Gasteiger partial charge in [0.05, 0.1) is 12.6 Å². The number of fused-ring (bicyclic) bond motifs is 1. The van der Waals surface area contributed by atoms with Gasteiger partial charge in [-0.2, -0.15) is 0 Å². The normalized spacial score (nSPS) is 15.8. The quantitative estimate of drug-likeness (QED) is 0.675. The Bertz CT molecular complexity index is 1000. The van der Waals surface area contributed by atoms with Gasteiger partial charge in [-0.15, -0.1) is 5.10 Å². The average molecular weight is 392 g/mol. The van der Waals surface area contributed by atoms with Crippen molar-refractivity contribution < 1.29 is 4.74 Å². The Balaban J connectivity index is 1.86. The van der Waals surface area contributed by atoms with Crippen molar-refractivity contribution in [2.75, 3.05) is 13.7 Å². The van der Waals surface area contributed by atoms with Crippen molar-refractivity contribution in [2.24, 2.45) is 0 Å². The lowest BCUT2D eigenvalue weighted by Gasteiger charge is -2.37. The van der Waals surface area contributed by atoms with Crippen molar-refractivity contribution in [3.05, 3.63) is 70.5 Å². The van der Waals surface area contributed by atoms with E-state index < -0.39 is 0 Å². The molecule has 3 aromatic rings. The minimum atomic E-state index is -0.220. The van der Waals surface area contributed by atoms with Crippen molar-refractivity contribution in [3.8, 4) is 5.75 Å². The summed E-state index contributed by atoms with van der Waals surface area (Å²) in [4.78, 5) is 2.47. The highest BCUT2D eigenvalue weighted by molar-refractivity contribution is 5.45. The van der Waals surface area contributed by atoms with Crippen LogP contribution in [-0.2, 0) is 18.5 Å². The maximum absolute atomic E-state index is 5.84. The average Bonchev–Trinajstić information content (AvgIpc) is 3.18. The molecule has 6 nitrogen and oxygen atoms in total. The number of tetrazole rings is 1. The third kappa shape index (κ3) is 3.65. The van der Waals surface area contributed by atoms with E-state index in [2.05, 4.69) is 90.6 Å². The molecule has 1 aromatic heterocycles. The van der Waals surface area contributed by atoms with E-state index in [-0.39, 0.29) is 11.6 Å². The molecule has 29 heavy (non-hydrogen) atoms. The van der Waals surface area contributed by atoms with E-state index in [1.165, 1.54) is 11.1 Å². The highest BCUT2D eigenvalue weighted by atomic mass is 16.5. The van der Waals surface area contributed by atoms with Crippen LogP contribution in [0.2, 0.25) is 0 Å². The van der Waals surface area contributed by atoms with Crippen LogP contribution in [0.15, 0.2) is 42.5 Å². The second-order valence-corrected chi connectivity index (χ2v) is 8.71. The minimum absolute atomic E-state index is 0.0903. The molecule has 4 rings (SSSR count). The first-order chi connectivity index (χ1) is 13.9. The fraction of sp³-hybridized carbons (Fsp3) is 0.435. The SMILES string of the molecule is COc1c(C)cccc1C(c1nnnn1C(C)(C)C)N1CCc2ccccc2C1. The standard InChI is InChI=1S/C23H29N5O/c1-16-9-8-12-19(21(16)29-5)20(22-24-25-26-28(22)23(2,3)4)27-14-13-17-10-6-7-11-18(17)15-27/h6-12,20H,13-15H2,1-5H3. The van der Waals surface area contributed by atoms with Crippen LogP contribution in [-0.4, -0.2) is 38.8 Å². The predicted molar refractivity (Wildman–Crippen MR) is 113 cm³/mol. The third-order valence-electron chi connectivity index (χ3n) is 5.64. The number of methoxy groups -OCH3 is 1. The van der Waals surface area contributed by atoms with Gasteiger partial charge in [-0.05, 0) is 61.2 Å². The molecule has 0 saturated carbocycles. The molecule has 1 aliphatic rings. The van der Waals surface area contributed by atoms with E-state index in [0.29, 0.717) is 0 Å². The van der Waals surface area contributed by atoms with E-state index >= 15 is 0 Å². The fourth-order valence-corrected chi connectivity index (χ4v) is 4.25. The second kappa shape index (κ2) is 7.59. The molecule has 152 valence electrons. The number of para-hydroxylation sites is 1. The Labute approximate surface area is 172 Å². The summed E-state index contributed by atoms with van der Waals surface area (Å²) in [7, 11) is 1.74. The van der Waals surface area contributed by atoms with Crippen LogP contribution >= 0.6 is 0 Å². The summed E-state index contributed by atoms with van der Waals surface area (Å²) in [5, 5.41) is 12.9. The van der Waals surface area contributed by atoms with Gasteiger partial charge >= 0.3 is 0 Å².